The lowest BCUT2D eigenvalue weighted by molar-refractivity contribution is 0.1000. The van der Waals surface area contributed by atoms with Gasteiger partial charge in [-0.25, -0.2) is 8.42 Å². The molecule has 8 heteroatoms. The summed E-state index contributed by atoms with van der Waals surface area (Å²) in [7, 11) is -2.26. The predicted octanol–water partition coefficient (Wildman–Crippen LogP) is 0.413. The molecule has 4 N–H and O–H groups in total. The van der Waals surface area contributed by atoms with Gasteiger partial charge in [-0.15, -0.1) is 0 Å². The molecule has 1 amide bonds. The molecule has 21 heavy (non-hydrogen) atoms. The van der Waals surface area contributed by atoms with Crippen LogP contribution in [0, 0.1) is 0 Å². The van der Waals surface area contributed by atoms with Gasteiger partial charge in [-0.2, -0.15) is 4.31 Å². The number of methoxy groups -OCH3 is 1. The number of nitrogens with two attached hydrogens (primary N) is 2. The van der Waals surface area contributed by atoms with Gasteiger partial charge in [0.2, 0.25) is 15.9 Å². The van der Waals surface area contributed by atoms with Gasteiger partial charge in [0.25, 0.3) is 0 Å². The highest BCUT2D eigenvalue weighted by atomic mass is 32.2. The zero-order valence-electron chi connectivity index (χ0n) is 12.4. The van der Waals surface area contributed by atoms with Crippen LogP contribution in [-0.4, -0.2) is 44.9 Å². The largest absolute Gasteiger partial charge is 0.398 e. The number of nitrogens with zero attached hydrogens (tertiary/aromatic N) is 1. The van der Waals surface area contributed by atoms with E-state index in [2.05, 4.69) is 0 Å². The Bertz CT molecular complexity index is 616. The number of benzene rings is 1. The lowest BCUT2D eigenvalue weighted by Crippen LogP contribution is -2.41. The Balaban J connectivity index is 3.26. The molecule has 1 unspecified atom stereocenters. The van der Waals surface area contributed by atoms with E-state index in [9.17, 15) is 13.2 Å². The normalized spacial score (nSPS) is 13.3. The highest BCUT2D eigenvalue weighted by molar-refractivity contribution is 7.89. The molecule has 1 aromatic carbocycles. The summed E-state index contributed by atoms with van der Waals surface area (Å²) < 4.78 is 31.6. The minimum Gasteiger partial charge on any atom is -0.398 e. The standard InChI is InChI=1S/C13H21N3O4S/c1-4-16(9(2)8-20-3)21(18,19)12-6-5-10(13(15)17)7-11(12)14/h5-7,9H,4,8,14H2,1-3H3,(H2,15,17). The number of amides is 1. The van der Waals surface area contributed by atoms with Gasteiger partial charge in [0, 0.05) is 25.3 Å². The molecule has 0 aliphatic rings. The highest BCUT2D eigenvalue weighted by Crippen LogP contribution is 2.25. The monoisotopic (exact) mass is 315 g/mol. The van der Waals surface area contributed by atoms with Gasteiger partial charge in [-0.1, -0.05) is 6.92 Å². The summed E-state index contributed by atoms with van der Waals surface area (Å²) in [6, 6.07) is 3.58. The maximum absolute atomic E-state index is 12.7. The highest BCUT2D eigenvalue weighted by Gasteiger charge is 2.29. The fourth-order valence-corrected chi connectivity index (χ4v) is 3.83. The molecule has 7 nitrogen and oxygen atoms in total. The van der Waals surface area contributed by atoms with Crippen LogP contribution in [0.5, 0.6) is 0 Å². The maximum Gasteiger partial charge on any atom is 0.248 e. The molecule has 0 aliphatic heterocycles. The van der Waals surface area contributed by atoms with Gasteiger partial charge in [0.1, 0.15) is 4.90 Å². The van der Waals surface area contributed by atoms with Crippen molar-refractivity contribution in [2.75, 3.05) is 26.0 Å². The van der Waals surface area contributed by atoms with E-state index < -0.39 is 15.9 Å². The van der Waals surface area contributed by atoms with E-state index in [4.69, 9.17) is 16.2 Å². The number of hydrogen-bond donors (Lipinski definition) is 2. The third-order valence-electron chi connectivity index (χ3n) is 3.09. The van der Waals surface area contributed by atoms with Crippen molar-refractivity contribution < 1.29 is 17.9 Å². The lowest BCUT2D eigenvalue weighted by Gasteiger charge is -2.27. The van der Waals surface area contributed by atoms with Crippen LogP contribution in [0.1, 0.15) is 24.2 Å². The van der Waals surface area contributed by atoms with Crippen LogP contribution >= 0.6 is 0 Å². The number of rotatable bonds is 7. The average molecular weight is 315 g/mol. The predicted molar refractivity (Wildman–Crippen MR) is 80.3 cm³/mol. The van der Waals surface area contributed by atoms with Crippen molar-refractivity contribution in [1.29, 1.82) is 0 Å². The number of likely N-dealkylation sites (N-methyl/N-ethyl adjacent to an activating group) is 1. The van der Waals surface area contributed by atoms with E-state index in [-0.39, 0.29) is 35.3 Å². The summed E-state index contributed by atoms with van der Waals surface area (Å²) in [5, 5.41) is 0. The van der Waals surface area contributed by atoms with Gasteiger partial charge in [0.15, 0.2) is 0 Å². The molecule has 118 valence electrons. The zero-order chi connectivity index (χ0) is 16.2. The summed E-state index contributed by atoms with van der Waals surface area (Å²) in [5.41, 5.74) is 11.1. The second kappa shape index (κ2) is 6.88. The third-order valence-corrected chi connectivity index (χ3v) is 5.26. The minimum atomic E-state index is -3.77. The molecule has 0 aliphatic carbocycles. The lowest BCUT2D eigenvalue weighted by atomic mass is 10.2. The van der Waals surface area contributed by atoms with Crippen molar-refractivity contribution in [1.82, 2.24) is 4.31 Å². The van der Waals surface area contributed by atoms with E-state index in [1.54, 1.807) is 13.8 Å². The zero-order valence-corrected chi connectivity index (χ0v) is 13.2. The van der Waals surface area contributed by atoms with Gasteiger partial charge < -0.3 is 16.2 Å². The number of primary amides is 1. The Morgan fingerprint density at radius 3 is 2.48 bits per heavy atom. The molecule has 0 fully saturated rings. The molecular formula is C13H21N3O4S. The van der Waals surface area contributed by atoms with Crippen LogP contribution in [-0.2, 0) is 14.8 Å². The Hall–Kier alpha value is -1.64. The van der Waals surface area contributed by atoms with Crippen molar-refractivity contribution in [3.05, 3.63) is 23.8 Å². The van der Waals surface area contributed by atoms with Crippen LogP contribution in [0.15, 0.2) is 23.1 Å². The fourth-order valence-electron chi connectivity index (χ4n) is 2.11. The van der Waals surface area contributed by atoms with E-state index in [0.29, 0.717) is 0 Å². The maximum atomic E-state index is 12.7. The van der Waals surface area contributed by atoms with E-state index in [1.807, 2.05) is 0 Å². The Morgan fingerprint density at radius 1 is 1.43 bits per heavy atom. The Kier molecular flexibility index (Phi) is 5.70. The summed E-state index contributed by atoms with van der Waals surface area (Å²) in [6.07, 6.45) is 0. The number of nitrogen functional groups attached to an aromatic ring is 1. The topological polar surface area (TPSA) is 116 Å². The summed E-state index contributed by atoms with van der Waals surface area (Å²) in [5.74, 6) is -0.661. The number of carbonyl (C=O) groups excluding carboxylic acids is 1. The first-order valence-electron chi connectivity index (χ1n) is 6.45. The van der Waals surface area contributed by atoms with Crippen molar-refractivity contribution in [3.8, 4) is 0 Å². The smallest absolute Gasteiger partial charge is 0.248 e. The molecule has 0 saturated heterocycles. The number of hydrogen-bond acceptors (Lipinski definition) is 5. The van der Waals surface area contributed by atoms with Crippen LogP contribution in [0.4, 0.5) is 5.69 Å². The minimum absolute atomic E-state index is 0.00522. The Labute approximate surface area is 124 Å². The molecule has 0 saturated carbocycles. The number of ether oxygens (including phenoxy) is 1. The van der Waals surface area contributed by atoms with Crippen LogP contribution in [0.25, 0.3) is 0 Å². The molecule has 0 heterocycles. The van der Waals surface area contributed by atoms with Crippen molar-refractivity contribution in [2.24, 2.45) is 5.73 Å². The van der Waals surface area contributed by atoms with Gasteiger partial charge in [-0.3, -0.25) is 4.79 Å². The van der Waals surface area contributed by atoms with Crippen LogP contribution in [0.2, 0.25) is 0 Å². The molecular weight excluding hydrogens is 294 g/mol. The van der Waals surface area contributed by atoms with Gasteiger partial charge in [0.05, 0.1) is 12.3 Å². The van der Waals surface area contributed by atoms with E-state index in [0.717, 1.165) is 0 Å². The summed E-state index contributed by atoms with van der Waals surface area (Å²) >= 11 is 0. The molecule has 1 rings (SSSR count). The van der Waals surface area contributed by atoms with Crippen LogP contribution < -0.4 is 11.5 Å². The molecule has 0 aromatic heterocycles. The van der Waals surface area contributed by atoms with Crippen molar-refractivity contribution in [3.63, 3.8) is 0 Å². The molecule has 0 radical (unpaired) electrons. The fraction of sp³-hybridized carbons (Fsp3) is 0.462. The first-order chi connectivity index (χ1) is 9.75. The SMILES string of the molecule is CCN(C(C)COC)S(=O)(=O)c1ccc(C(N)=O)cc1N. The molecule has 1 atom stereocenters. The molecule has 1 aromatic rings. The average Bonchev–Trinajstić information content (AvgIpc) is 2.38. The second-order valence-electron chi connectivity index (χ2n) is 4.63. The van der Waals surface area contributed by atoms with E-state index in [1.165, 1.54) is 29.6 Å². The van der Waals surface area contributed by atoms with Crippen molar-refractivity contribution >= 4 is 21.6 Å². The third kappa shape index (κ3) is 3.72. The number of anilines is 1. The number of sulfonamides is 1. The molecule has 0 bridgehead atoms. The summed E-state index contributed by atoms with van der Waals surface area (Å²) in [6.45, 7) is 4.03. The Morgan fingerprint density at radius 2 is 2.05 bits per heavy atom. The number of carbonyl (C=O) groups is 1. The van der Waals surface area contributed by atoms with Gasteiger partial charge >= 0.3 is 0 Å². The summed E-state index contributed by atoms with van der Waals surface area (Å²) in [4.78, 5) is 11.0. The quantitative estimate of drug-likeness (QED) is 0.707. The van der Waals surface area contributed by atoms with Crippen molar-refractivity contribution in [2.45, 2.75) is 24.8 Å². The molecule has 0 spiro atoms. The van der Waals surface area contributed by atoms with E-state index >= 15 is 0 Å². The van der Waals surface area contributed by atoms with Crippen LogP contribution in [0.3, 0.4) is 0 Å². The first kappa shape index (κ1) is 17.4. The second-order valence-corrected chi connectivity index (χ2v) is 6.49. The van der Waals surface area contributed by atoms with Gasteiger partial charge in [-0.05, 0) is 25.1 Å². The first-order valence-corrected chi connectivity index (χ1v) is 7.89.